The van der Waals surface area contributed by atoms with Crippen molar-refractivity contribution in [1.29, 1.82) is 0 Å². The highest BCUT2D eigenvalue weighted by molar-refractivity contribution is 7.99. The van der Waals surface area contributed by atoms with Crippen LogP contribution in [0.4, 0.5) is 0 Å². The Morgan fingerprint density at radius 2 is 1.66 bits per heavy atom. The van der Waals surface area contributed by atoms with Crippen LogP contribution < -0.4 is 9.47 Å². The Hall–Kier alpha value is -1.76. The summed E-state index contributed by atoms with van der Waals surface area (Å²) in [6.07, 6.45) is 2.36. The van der Waals surface area contributed by atoms with Crippen molar-refractivity contribution >= 4 is 26.4 Å². The number of carbonyl (C=O) groups excluding carboxylic acids is 1. The third-order valence-corrected chi connectivity index (χ3v) is 7.56. The minimum absolute atomic E-state index is 0.219. The molecule has 2 aromatic rings. The molecule has 1 aliphatic rings. The highest BCUT2D eigenvalue weighted by atomic mass is 32.2. The van der Waals surface area contributed by atoms with Crippen molar-refractivity contribution in [3.05, 3.63) is 53.1 Å². The Kier molecular flexibility index (Phi) is 6.46. The molecular formula is C23H30O4SSi. The lowest BCUT2D eigenvalue weighted by molar-refractivity contribution is -0.123. The second kappa shape index (κ2) is 8.54. The van der Waals surface area contributed by atoms with E-state index in [0.29, 0.717) is 12.8 Å². The molecular weight excluding hydrogens is 400 g/mol. The van der Waals surface area contributed by atoms with E-state index in [9.17, 15) is 4.79 Å². The number of benzene rings is 2. The van der Waals surface area contributed by atoms with Crippen LogP contribution in [-0.4, -0.2) is 34.4 Å². The van der Waals surface area contributed by atoms with Gasteiger partial charge in [0, 0.05) is 16.0 Å². The molecule has 1 unspecified atom stereocenters. The molecule has 29 heavy (non-hydrogen) atoms. The minimum Gasteiger partial charge on any atom is -0.496 e. The van der Waals surface area contributed by atoms with Crippen molar-refractivity contribution in [2.75, 3.05) is 14.2 Å². The summed E-state index contributed by atoms with van der Waals surface area (Å²) >= 11 is 1.67. The molecule has 0 saturated heterocycles. The fourth-order valence-corrected chi connectivity index (χ4v) is 6.82. The number of carbonyl (C=O) groups is 1. The number of aldehydes is 1. The number of rotatable bonds is 7. The second-order valence-electron chi connectivity index (χ2n) is 8.46. The maximum Gasteiger partial charge on any atom is 0.185 e. The van der Waals surface area contributed by atoms with Crippen LogP contribution in [0.15, 0.2) is 41.3 Å². The number of thioether (sulfide) groups is 1. The van der Waals surface area contributed by atoms with E-state index in [2.05, 4.69) is 50.8 Å². The van der Waals surface area contributed by atoms with Crippen molar-refractivity contribution in [1.82, 2.24) is 0 Å². The van der Waals surface area contributed by atoms with Crippen LogP contribution in [0.3, 0.4) is 0 Å². The number of fused-ring (bicyclic) bond motifs is 1. The van der Waals surface area contributed by atoms with E-state index in [0.717, 1.165) is 33.8 Å². The van der Waals surface area contributed by atoms with Crippen molar-refractivity contribution in [3.8, 4) is 11.5 Å². The summed E-state index contributed by atoms with van der Waals surface area (Å²) in [5, 5.41) is -0.219. The lowest BCUT2D eigenvalue weighted by atomic mass is 9.80. The van der Waals surface area contributed by atoms with Gasteiger partial charge in [-0.25, -0.2) is 0 Å². The number of hydrogen-bond donors (Lipinski definition) is 0. The quantitative estimate of drug-likeness (QED) is 0.424. The predicted octanol–water partition coefficient (Wildman–Crippen LogP) is 5.58. The molecule has 156 valence electrons. The van der Waals surface area contributed by atoms with Gasteiger partial charge in [0.25, 0.3) is 0 Å². The molecule has 2 atom stereocenters. The molecule has 3 rings (SSSR count). The Morgan fingerprint density at radius 3 is 2.21 bits per heavy atom. The molecule has 6 heteroatoms. The maximum atomic E-state index is 12.6. The van der Waals surface area contributed by atoms with Crippen molar-refractivity contribution in [2.45, 2.75) is 55.2 Å². The van der Waals surface area contributed by atoms with Crippen LogP contribution in [0.25, 0.3) is 0 Å². The number of methoxy groups -OCH3 is 2. The van der Waals surface area contributed by atoms with Gasteiger partial charge in [-0.05, 0) is 63.7 Å². The first kappa shape index (κ1) is 21.9. The van der Waals surface area contributed by atoms with Crippen LogP contribution in [-0.2, 0) is 15.6 Å². The monoisotopic (exact) mass is 430 g/mol. The van der Waals surface area contributed by atoms with Gasteiger partial charge in [0.2, 0.25) is 0 Å². The summed E-state index contributed by atoms with van der Waals surface area (Å²) in [7, 11) is 1.36. The molecule has 0 aliphatic heterocycles. The summed E-state index contributed by atoms with van der Waals surface area (Å²) < 4.78 is 18.0. The summed E-state index contributed by atoms with van der Waals surface area (Å²) in [5.41, 5.74) is 2.42. The SMILES string of the molecule is COc1ccc(OC)c2c1CC[C@@](C=O)(O[Si](C)(C)C)C2Sc1ccc(C)cc1. The average molecular weight is 431 g/mol. The Balaban J connectivity index is 2.19. The van der Waals surface area contributed by atoms with Gasteiger partial charge in [0.1, 0.15) is 17.1 Å². The molecule has 4 nitrogen and oxygen atoms in total. The van der Waals surface area contributed by atoms with Crippen LogP contribution in [0, 0.1) is 6.92 Å². The van der Waals surface area contributed by atoms with Gasteiger partial charge in [0.15, 0.2) is 14.6 Å². The highest BCUT2D eigenvalue weighted by Crippen LogP contribution is 2.55. The van der Waals surface area contributed by atoms with E-state index >= 15 is 0 Å². The van der Waals surface area contributed by atoms with Gasteiger partial charge in [-0.3, -0.25) is 0 Å². The highest BCUT2D eigenvalue weighted by Gasteiger charge is 2.49. The topological polar surface area (TPSA) is 44.8 Å². The normalized spacial score (nSPS) is 21.4. The Bertz CT molecular complexity index is 876. The van der Waals surface area contributed by atoms with Gasteiger partial charge in [-0.15, -0.1) is 11.8 Å². The van der Waals surface area contributed by atoms with Crippen LogP contribution >= 0.6 is 11.8 Å². The van der Waals surface area contributed by atoms with E-state index < -0.39 is 13.9 Å². The third-order valence-electron chi connectivity index (χ3n) is 5.16. The van der Waals surface area contributed by atoms with Gasteiger partial charge in [0.05, 0.1) is 19.5 Å². The molecule has 0 spiro atoms. The minimum atomic E-state index is -1.99. The molecule has 0 amide bonds. The Labute approximate surface area is 179 Å². The van der Waals surface area contributed by atoms with Gasteiger partial charge >= 0.3 is 0 Å². The van der Waals surface area contributed by atoms with Crippen molar-refractivity contribution in [3.63, 3.8) is 0 Å². The molecule has 0 saturated carbocycles. The molecule has 0 fully saturated rings. The first-order valence-electron chi connectivity index (χ1n) is 9.86. The van der Waals surface area contributed by atoms with Crippen LogP contribution in [0.5, 0.6) is 11.5 Å². The summed E-state index contributed by atoms with van der Waals surface area (Å²) in [5.74, 6) is 1.61. The van der Waals surface area contributed by atoms with Crippen LogP contribution in [0.2, 0.25) is 19.6 Å². The van der Waals surface area contributed by atoms with Crippen molar-refractivity contribution in [2.24, 2.45) is 0 Å². The van der Waals surface area contributed by atoms with Crippen molar-refractivity contribution < 1.29 is 18.7 Å². The lowest BCUT2D eigenvalue weighted by Gasteiger charge is -2.44. The number of hydrogen-bond acceptors (Lipinski definition) is 5. The van der Waals surface area contributed by atoms with E-state index in [4.69, 9.17) is 13.9 Å². The zero-order valence-electron chi connectivity index (χ0n) is 18.1. The molecule has 0 heterocycles. The number of aryl methyl sites for hydroxylation is 1. The summed E-state index contributed by atoms with van der Waals surface area (Å²) in [6.45, 7) is 8.46. The predicted molar refractivity (Wildman–Crippen MR) is 121 cm³/mol. The Morgan fingerprint density at radius 1 is 1.03 bits per heavy atom. The first-order chi connectivity index (χ1) is 13.7. The van der Waals surface area contributed by atoms with E-state index in [1.54, 1.807) is 26.0 Å². The van der Waals surface area contributed by atoms with Gasteiger partial charge < -0.3 is 18.7 Å². The lowest BCUT2D eigenvalue weighted by Crippen LogP contribution is -2.50. The third kappa shape index (κ3) is 4.54. The van der Waals surface area contributed by atoms with E-state index in [1.165, 1.54) is 5.56 Å². The van der Waals surface area contributed by atoms with E-state index in [-0.39, 0.29) is 5.25 Å². The standard InChI is InChI=1S/C23H30O4SSi/c1-16-7-9-17(10-8-16)28-22-21-18(19(25-2)11-12-20(21)26-3)13-14-23(22,15-24)27-29(4,5)6/h7-12,15,22H,13-14H2,1-6H3/t22?,23-/m0/s1. The van der Waals surface area contributed by atoms with Gasteiger partial charge in [-0.1, -0.05) is 17.7 Å². The zero-order valence-corrected chi connectivity index (χ0v) is 19.9. The molecule has 0 aromatic heterocycles. The summed E-state index contributed by atoms with van der Waals surface area (Å²) in [6, 6.07) is 12.3. The second-order valence-corrected chi connectivity index (χ2v) is 14.1. The molecule has 0 N–H and O–H groups in total. The fourth-order valence-electron chi connectivity index (χ4n) is 3.96. The zero-order chi connectivity index (χ0) is 21.2. The first-order valence-corrected chi connectivity index (χ1v) is 14.2. The summed E-state index contributed by atoms with van der Waals surface area (Å²) in [4.78, 5) is 13.7. The molecule has 2 aromatic carbocycles. The largest absolute Gasteiger partial charge is 0.496 e. The number of ether oxygens (including phenoxy) is 2. The van der Waals surface area contributed by atoms with Crippen LogP contribution in [0.1, 0.15) is 28.4 Å². The smallest absolute Gasteiger partial charge is 0.185 e. The average Bonchev–Trinajstić information content (AvgIpc) is 2.69. The maximum absolute atomic E-state index is 12.6. The molecule has 0 radical (unpaired) electrons. The molecule has 1 aliphatic carbocycles. The fraction of sp³-hybridized carbons (Fsp3) is 0.435. The van der Waals surface area contributed by atoms with E-state index in [1.807, 2.05) is 12.1 Å². The van der Waals surface area contributed by atoms with Gasteiger partial charge in [-0.2, -0.15) is 0 Å². The molecule has 0 bridgehead atoms.